The number of imide groups is 2. The van der Waals surface area contributed by atoms with Crippen molar-refractivity contribution in [3.63, 3.8) is 0 Å². The Morgan fingerprint density at radius 3 is 1.59 bits per heavy atom. The molecule has 2 aromatic carbocycles. The number of allylic oxidation sites excluding steroid dienone is 1. The fraction of sp³-hybridized carbons (Fsp3) is 0.387. The number of nitrogens with zero attached hydrogens (tertiary/aromatic N) is 2. The summed E-state index contributed by atoms with van der Waals surface area (Å²) in [6, 6.07) is 14.3. The van der Waals surface area contributed by atoms with Crippen molar-refractivity contribution >= 4 is 41.0 Å². The highest BCUT2D eigenvalue weighted by molar-refractivity contribution is 6.28. The van der Waals surface area contributed by atoms with Crippen LogP contribution in [0.1, 0.15) is 31.9 Å². The quantitative estimate of drug-likeness (QED) is 0.444. The molecule has 5 aliphatic rings. The molecule has 0 spiro atoms. The van der Waals surface area contributed by atoms with Crippen molar-refractivity contribution in [2.45, 2.75) is 34.6 Å². The van der Waals surface area contributed by atoms with Crippen LogP contribution in [0.3, 0.4) is 0 Å². The van der Waals surface area contributed by atoms with Crippen molar-refractivity contribution in [2.75, 3.05) is 16.4 Å². The molecule has 4 amide bonds. The van der Waals surface area contributed by atoms with Crippen LogP contribution < -0.4 is 9.80 Å². The van der Waals surface area contributed by atoms with E-state index in [1.165, 1.54) is 9.80 Å². The predicted octanol–water partition coefficient (Wildman–Crippen LogP) is 3.74. The van der Waals surface area contributed by atoms with E-state index in [2.05, 4.69) is 0 Å². The van der Waals surface area contributed by atoms with E-state index in [4.69, 9.17) is 4.74 Å². The number of esters is 1. The average Bonchev–Trinajstić information content (AvgIpc) is 3.31. The molecule has 2 aromatic rings. The van der Waals surface area contributed by atoms with E-state index in [-0.39, 0.29) is 12.2 Å². The second kappa shape index (κ2) is 8.46. The Kier molecular flexibility index (Phi) is 5.47. The molecule has 7 rings (SSSR count). The summed E-state index contributed by atoms with van der Waals surface area (Å²) in [7, 11) is 0. The molecule has 0 N–H and O–H groups in total. The lowest BCUT2D eigenvalue weighted by Crippen LogP contribution is -2.61. The molecular formula is C31H30N2O6. The molecule has 2 aliphatic heterocycles. The smallest absolute Gasteiger partial charge is 0.334 e. The maximum absolute atomic E-state index is 14.2. The minimum Gasteiger partial charge on any atom is -0.463 e. The molecule has 8 heteroatoms. The Hall–Kier alpha value is -4.07. The molecule has 1 saturated carbocycles. The number of para-hydroxylation sites is 2. The number of benzene rings is 2. The highest BCUT2D eigenvalue weighted by Crippen LogP contribution is 2.69. The third-order valence-corrected chi connectivity index (χ3v) is 9.39. The molecule has 2 bridgehead atoms. The summed E-state index contributed by atoms with van der Waals surface area (Å²) < 4.78 is 5.44. The van der Waals surface area contributed by atoms with Crippen LogP contribution in [0.25, 0.3) is 0 Å². The van der Waals surface area contributed by atoms with Crippen LogP contribution in [0.4, 0.5) is 11.4 Å². The van der Waals surface area contributed by atoms with Gasteiger partial charge in [0.05, 0.1) is 41.7 Å². The highest BCUT2D eigenvalue weighted by atomic mass is 16.5. The van der Waals surface area contributed by atoms with Gasteiger partial charge in [0, 0.05) is 16.9 Å². The maximum Gasteiger partial charge on any atom is 0.334 e. The van der Waals surface area contributed by atoms with Gasteiger partial charge in [-0.3, -0.25) is 19.2 Å². The Bertz CT molecular complexity index is 1430. The number of ether oxygens (including phenoxy) is 1. The van der Waals surface area contributed by atoms with Crippen LogP contribution in [-0.2, 0) is 28.7 Å². The van der Waals surface area contributed by atoms with Gasteiger partial charge in [0.1, 0.15) is 0 Å². The fourth-order valence-electron chi connectivity index (χ4n) is 7.91. The van der Waals surface area contributed by atoms with Crippen molar-refractivity contribution in [3.8, 4) is 0 Å². The van der Waals surface area contributed by atoms with Gasteiger partial charge in [-0.2, -0.15) is 0 Å². The lowest BCUT2D eigenvalue weighted by molar-refractivity contribution is -0.155. The van der Waals surface area contributed by atoms with Gasteiger partial charge in [0.15, 0.2) is 0 Å². The van der Waals surface area contributed by atoms with Crippen LogP contribution in [0.15, 0.2) is 59.7 Å². The number of hydrogen-bond donors (Lipinski definition) is 0. The third kappa shape index (κ3) is 3.03. The van der Waals surface area contributed by atoms with E-state index in [1.54, 1.807) is 45.0 Å². The summed E-state index contributed by atoms with van der Waals surface area (Å²) in [6.07, 6.45) is 0. The number of anilines is 2. The molecule has 200 valence electrons. The van der Waals surface area contributed by atoms with E-state index in [0.717, 1.165) is 11.1 Å². The molecule has 3 fully saturated rings. The number of aryl methyl sites for hydroxylation is 2. The van der Waals surface area contributed by atoms with Crippen molar-refractivity contribution in [3.05, 3.63) is 70.8 Å². The average molecular weight is 527 g/mol. The van der Waals surface area contributed by atoms with Crippen LogP contribution in [-0.4, -0.2) is 36.2 Å². The van der Waals surface area contributed by atoms with E-state index in [9.17, 15) is 24.0 Å². The molecule has 2 unspecified atom stereocenters. The van der Waals surface area contributed by atoms with Gasteiger partial charge >= 0.3 is 5.97 Å². The van der Waals surface area contributed by atoms with Gasteiger partial charge in [0.25, 0.3) is 0 Å². The molecule has 2 heterocycles. The first-order chi connectivity index (χ1) is 18.6. The first kappa shape index (κ1) is 25.2. The minimum atomic E-state index is -1.41. The molecule has 39 heavy (non-hydrogen) atoms. The number of rotatable bonds is 4. The van der Waals surface area contributed by atoms with E-state index in [0.29, 0.717) is 16.9 Å². The lowest BCUT2D eigenvalue weighted by Gasteiger charge is -2.55. The van der Waals surface area contributed by atoms with Crippen molar-refractivity contribution in [1.29, 1.82) is 0 Å². The van der Waals surface area contributed by atoms with E-state index >= 15 is 0 Å². The van der Waals surface area contributed by atoms with Crippen LogP contribution in [0.5, 0.6) is 0 Å². The van der Waals surface area contributed by atoms with Crippen molar-refractivity contribution in [2.24, 2.45) is 35.0 Å². The molecule has 0 aromatic heterocycles. The van der Waals surface area contributed by atoms with Gasteiger partial charge in [0.2, 0.25) is 23.6 Å². The van der Waals surface area contributed by atoms with Gasteiger partial charge < -0.3 is 4.74 Å². The Morgan fingerprint density at radius 2 is 1.18 bits per heavy atom. The van der Waals surface area contributed by atoms with Gasteiger partial charge in [-0.05, 0) is 51.0 Å². The van der Waals surface area contributed by atoms with Gasteiger partial charge in [-0.1, -0.05) is 48.9 Å². The second-order valence-corrected chi connectivity index (χ2v) is 11.2. The number of carbonyl (C=O) groups is 5. The standard InChI is InChI=1S/C31H30N2O6/c1-6-39-30(38)23-17(4)20-21-24(28(36)32(26(21)34)18-13-9-7-11-15(18)2)31(23,5)25-22(20)27(35)33(29(25)37)19-14-10-8-12-16(19)3/h7-14,20-22,24-25H,6H2,1-5H3/t20?,21-,22+,24-,25-,31?/m1/s1. The first-order valence-corrected chi connectivity index (χ1v) is 13.3. The zero-order chi connectivity index (χ0) is 28.0. The molecule has 3 aliphatic carbocycles. The predicted molar refractivity (Wildman–Crippen MR) is 142 cm³/mol. The SMILES string of the molecule is CCOC(=O)C1=C(C)C2[C@H]3C(=O)N(c4ccccc4C)C(=O)[C@@H]3C1(C)[C@H]1C(=O)N(c3ccccc3C)C(=O)[C@@H]21. The highest BCUT2D eigenvalue weighted by Gasteiger charge is 2.77. The third-order valence-electron chi connectivity index (χ3n) is 9.39. The lowest BCUT2D eigenvalue weighted by atomic mass is 9.43. The van der Waals surface area contributed by atoms with Crippen LogP contribution in [0.2, 0.25) is 0 Å². The number of amides is 4. The zero-order valence-electron chi connectivity index (χ0n) is 22.6. The second-order valence-electron chi connectivity index (χ2n) is 11.2. The Balaban J connectivity index is 1.57. The maximum atomic E-state index is 14.2. The number of carbonyl (C=O) groups excluding carboxylic acids is 5. The normalized spacial score (nSPS) is 31.3. The molecular weight excluding hydrogens is 496 g/mol. The summed E-state index contributed by atoms with van der Waals surface area (Å²) in [6.45, 7) is 8.89. The topological polar surface area (TPSA) is 101 Å². The van der Waals surface area contributed by atoms with Crippen LogP contribution in [0, 0.1) is 48.9 Å². The number of hydrogen-bond acceptors (Lipinski definition) is 6. The van der Waals surface area contributed by atoms with Crippen molar-refractivity contribution in [1.82, 2.24) is 0 Å². The Labute approximate surface area is 226 Å². The molecule has 6 atom stereocenters. The van der Waals surface area contributed by atoms with Gasteiger partial charge in [-0.15, -0.1) is 0 Å². The molecule has 0 radical (unpaired) electrons. The minimum absolute atomic E-state index is 0.114. The van der Waals surface area contributed by atoms with E-state index in [1.807, 2.05) is 38.1 Å². The van der Waals surface area contributed by atoms with Gasteiger partial charge in [-0.25, -0.2) is 14.6 Å². The summed E-state index contributed by atoms with van der Waals surface area (Å²) in [4.78, 5) is 72.6. The summed E-state index contributed by atoms with van der Waals surface area (Å²) >= 11 is 0. The molecule has 8 nitrogen and oxygen atoms in total. The Morgan fingerprint density at radius 1 is 0.744 bits per heavy atom. The largest absolute Gasteiger partial charge is 0.463 e. The fourth-order valence-corrected chi connectivity index (χ4v) is 7.91. The monoisotopic (exact) mass is 526 g/mol. The molecule has 2 saturated heterocycles. The summed E-state index contributed by atoms with van der Waals surface area (Å²) in [5, 5.41) is 0. The van der Waals surface area contributed by atoms with E-state index < -0.39 is 64.6 Å². The summed E-state index contributed by atoms with van der Waals surface area (Å²) in [5.41, 5.74) is 1.85. The zero-order valence-corrected chi connectivity index (χ0v) is 22.6. The summed E-state index contributed by atoms with van der Waals surface area (Å²) in [5.74, 6) is -6.77. The first-order valence-electron chi connectivity index (χ1n) is 13.3. The van der Waals surface area contributed by atoms with Crippen molar-refractivity contribution < 1.29 is 28.7 Å². The van der Waals surface area contributed by atoms with Crippen LogP contribution >= 0.6 is 0 Å².